The monoisotopic (exact) mass is 150 g/mol. The summed E-state index contributed by atoms with van der Waals surface area (Å²) in [7, 11) is -2.89. The molecule has 0 fully saturated rings. The Kier molecular flexibility index (Phi) is 8.85. The third-order valence-electron chi connectivity index (χ3n) is 0.483. The summed E-state index contributed by atoms with van der Waals surface area (Å²) in [6.45, 7) is 0.564. The summed E-state index contributed by atoms with van der Waals surface area (Å²) in [4.78, 5) is 0. The van der Waals surface area contributed by atoms with Gasteiger partial charge in [0.05, 0.1) is 0 Å². The SMILES string of the molecule is CC(CF)O[SH](=O)=O.[LiH]. The molecule has 0 radical (unpaired) electrons. The second-order valence-electron chi connectivity index (χ2n) is 1.29. The molecule has 0 rings (SSSR count). The zero-order chi connectivity index (χ0) is 6.57. The van der Waals surface area contributed by atoms with Gasteiger partial charge in [0.1, 0.15) is 12.8 Å². The van der Waals surface area contributed by atoms with E-state index in [0.717, 1.165) is 0 Å². The van der Waals surface area contributed by atoms with Gasteiger partial charge in [-0.3, -0.25) is 4.18 Å². The zero-order valence-electron chi connectivity index (χ0n) is 4.33. The van der Waals surface area contributed by atoms with Crippen LogP contribution in [-0.2, 0) is 15.2 Å². The minimum atomic E-state index is -2.89. The van der Waals surface area contributed by atoms with Crippen molar-refractivity contribution in [2.75, 3.05) is 6.67 Å². The van der Waals surface area contributed by atoms with E-state index in [4.69, 9.17) is 0 Å². The normalized spacial score (nSPS) is 12.8. The molecular formula is C3H8FLiO3S. The van der Waals surface area contributed by atoms with Crippen LogP contribution in [0.25, 0.3) is 0 Å². The summed E-state index contributed by atoms with van der Waals surface area (Å²) in [5, 5.41) is 0. The summed E-state index contributed by atoms with van der Waals surface area (Å²) >= 11 is 0. The molecule has 0 amide bonds. The molecule has 0 aromatic rings. The van der Waals surface area contributed by atoms with Crippen LogP contribution in [0.3, 0.4) is 0 Å². The number of halogens is 1. The number of hydrogen-bond donors (Lipinski definition) is 1. The Bertz CT molecular complexity index is 118. The van der Waals surface area contributed by atoms with Gasteiger partial charge in [0.15, 0.2) is 0 Å². The molecule has 3 nitrogen and oxygen atoms in total. The van der Waals surface area contributed by atoms with Crippen molar-refractivity contribution in [1.29, 1.82) is 0 Å². The van der Waals surface area contributed by atoms with E-state index in [0.29, 0.717) is 0 Å². The quantitative estimate of drug-likeness (QED) is 0.424. The van der Waals surface area contributed by atoms with Gasteiger partial charge in [-0.1, -0.05) is 0 Å². The van der Waals surface area contributed by atoms with Gasteiger partial charge in [0.2, 0.25) is 0 Å². The molecule has 9 heavy (non-hydrogen) atoms. The van der Waals surface area contributed by atoms with Crippen LogP contribution in [-0.4, -0.2) is 40.1 Å². The number of alkyl halides is 1. The van der Waals surface area contributed by atoms with Crippen LogP contribution in [0.1, 0.15) is 6.92 Å². The van der Waals surface area contributed by atoms with Crippen LogP contribution < -0.4 is 0 Å². The van der Waals surface area contributed by atoms with E-state index in [-0.39, 0.29) is 18.9 Å². The van der Waals surface area contributed by atoms with Crippen molar-refractivity contribution in [3.8, 4) is 0 Å². The molecule has 1 atom stereocenters. The van der Waals surface area contributed by atoms with Crippen LogP contribution in [0, 0.1) is 0 Å². The van der Waals surface area contributed by atoms with Crippen LogP contribution in [0.4, 0.5) is 4.39 Å². The topological polar surface area (TPSA) is 43.4 Å². The second-order valence-corrected chi connectivity index (χ2v) is 1.95. The van der Waals surface area contributed by atoms with Crippen LogP contribution in [0.5, 0.6) is 0 Å². The Morgan fingerprint density at radius 2 is 2.11 bits per heavy atom. The Morgan fingerprint density at radius 3 is 2.22 bits per heavy atom. The van der Waals surface area contributed by atoms with E-state index < -0.39 is 23.8 Å². The van der Waals surface area contributed by atoms with E-state index in [1.54, 1.807) is 0 Å². The third-order valence-corrected chi connectivity index (χ3v) is 1.02. The predicted molar refractivity (Wildman–Crippen MR) is 34.0 cm³/mol. The molecule has 0 saturated heterocycles. The molecule has 0 saturated carbocycles. The first-order valence-electron chi connectivity index (χ1n) is 2.04. The molecule has 0 spiro atoms. The summed E-state index contributed by atoms with van der Waals surface area (Å²) in [5.74, 6) is 0. The third kappa shape index (κ3) is 8.44. The van der Waals surface area contributed by atoms with Crippen molar-refractivity contribution in [1.82, 2.24) is 0 Å². The van der Waals surface area contributed by atoms with E-state index in [1.807, 2.05) is 0 Å². The van der Waals surface area contributed by atoms with Gasteiger partial charge in [-0.2, -0.15) is 0 Å². The summed E-state index contributed by atoms with van der Waals surface area (Å²) < 4.78 is 34.6. The Morgan fingerprint density at radius 1 is 1.67 bits per heavy atom. The molecule has 0 aliphatic heterocycles. The van der Waals surface area contributed by atoms with E-state index in [2.05, 4.69) is 4.18 Å². The molecule has 1 unspecified atom stereocenters. The molecule has 0 aliphatic carbocycles. The number of rotatable bonds is 3. The summed E-state index contributed by atoms with van der Waals surface area (Å²) in [6, 6.07) is 0. The van der Waals surface area contributed by atoms with Crippen LogP contribution >= 0.6 is 0 Å². The first-order chi connectivity index (χ1) is 3.66. The van der Waals surface area contributed by atoms with Crippen molar-refractivity contribution in [3.05, 3.63) is 0 Å². The zero-order valence-corrected chi connectivity index (χ0v) is 5.23. The van der Waals surface area contributed by atoms with Gasteiger partial charge >= 0.3 is 18.9 Å². The van der Waals surface area contributed by atoms with Gasteiger partial charge < -0.3 is 0 Å². The average molecular weight is 150 g/mol. The molecule has 0 aromatic carbocycles. The van der Waals surface area contributed by atoms with Gasteiger partial charge in [-0.05, 0) is 6.92 Å². The van der Waals surface area contributed by atoms with Crippen LogP contribution in [0.2, 0.25) is 0 Å². The molecular weight excluding hydrogens is 142 g/mol. The molecule has 6 heteroatoms. The molecule has 0 aromatic heterocycles. The Hall–Kier alpha value is 0.437. The van der Waals surface area contributed by atoms with Crippen LogP contribution in [0.15, 0.2) is 0 Å². The number of thiol groups is 1. The van der Waals surface area contributed by atoms with E-state index in [9.17, 15) is 12.8 Å². The summed E-state index contributed by atoms with van der Waals surface area (Å²) in [5.41, 5.74) is 0. The van der Waals surface area contributed by atoms with Crippen molar-refractivity contribution >= 4 is 29.8 Å². The second kappa shape index (κ2) is 6.56. The Labute approximate surface area is 66.9 Å². The maximum atomic E-state index is 11.4. The minimum absolute atomic E-state index is 0. The van der Waals surface area contributed by atoms with Gasteiger partial charge in [0, 0.05) is 0 Å². The standard InChI is InChI=1S/C3H7FO3S.Li.H/c1-3(2-4)7-8(5)6;;/h3,8H,2H2,1H3;;. The molecule has 0 N–H and O–H groups in total. The molecule has 0 bridgehead atoms. The van der Waals surface area contributed by atoms with Gasteiger partial charge in [-0.15, -0.1) is 0 Å². The maximum absolute atomic E-state index is 11.4. The fourth-order valence-electron chi connectivity index (χ4n) is 0.175. The first kappa shape index (κ1) is 12.1. The van der Waals surface area contributed by atoms with Gasteiger partial charge in [0.25, 0.3) is 11.0 Å². The van der Waals surface area contributed by atoms with Crippen molar-refractivity contribution < 1.29 is 17.0 Å². The molecule has 0 aliphatic rings. The van der Waals surface area contributed by atoms with Crippen molar-refractivity contribution in [3.63, 3.8) is 0 Å². The first-order valence-corrected chi connectivity index (χ1v) is 3.13. The molecule has 52 valence electrons. The number of hydrogen-bond acceptors (Lipinski definition) is 3. The Balaban J connectivity index is 0. The predicted octanol–water partition coefficient (Wildman–Crippen LogP) is -0.761. The van der Waals surface area contributed by atoms with Crippen molar-refractivity contribution in [2.45, 2.75) is 13.0 Å². The molecule has 0 heterocycles. The van der Waals surface area contributed by atoms with Crippen molar-refractivity contribution in [2.24, 2.45) is 0 Å². The summed E-state index contributed by atoms with van der Waals surface area (Å²) in [6.07, 6.45) is -0.837. The van der Waals surface area contributed by atoms with E-state index in [1.165, 1.54) is 6.92 Å². The fraction of sp³-hybridized carbons (Fsp3) is 1.00. The average Bonchev–Trinajstić information content (AvgIpc) is 1.65. The van der Waals surface area contributed by atoms with E-state index >= 15 is 0 Å². The fourth-order valence-corrected chi connectivity index (χ4v) is 0.525. The van der Waals surface area contributed by atoms with Gasteiger partial charge in [-0.25, -0.2) is 12.8 Å².